The Balaban J connectivity index is 1.45. The van der Waals surface area contributed by atoms with Crippen LogP contribution in [-0.2, 0) is 35.0 Å². The van der Waals surface area contributed by atoms with Gasteiger partial charge in [0.25, 0.3) is 5.56 Å². The van der Waals surface area contributed by atoms with Crippen molar-refractivity contribution in [1.29, 1.82) is 0 Å². The Bertz CT molecular complexity index is 1330. The van der Waals surface area contributed by atoms with Gasteiger partial charge in [-0.15, -0.1) is 11.3 Å². The number of H-pyrrole nitrogens is 1. The number of halogens is 6. The molecule has 0 radical (unpaired) electrons. The molecule has 4 rings (SSSR count). The quantitative estimate of drug-likeness (QED) is 0.206. The van der Waals surface area contributed by atoms with Gasteiger partial charge in [-0.1, -0.05) is 18.2 Å². The van der Waals surface area contributed by atoms with Crippen LogP contribution in [-0.4, -0.2) is 21.4 Å². The highest BCUT2D eigenvalue weighted by Gasteiger charge is 2.38. The summed E-state index contributed by atoms with van der Waals surface area (Å²) in [4.78, 5) is 16.8. The summed E-state index contributed by atoms with van der Waals surface area (Å²) in [7, 11) is 0. The third kappa shape index (κ3) is 5.16. The number of rotatable bonds is 7. The van der Waals surface area contributed by atoms with Crippen molar-refractivity contribution in [3.05, 3.63) is 80.7 Å². The van der Waals surface area contributed by atoms with Gasteiger partial charge in [0.15, 0.2) is 5.65 Å². The summed E-state index contributed by atoms with van der Waals surface area (Å²) in [6.45, 7) is -0.529. The van der Waals surface area contributed by atoms with Crippen molar-refractivity contribution in [1.82, 2.24) is 14.6 Å². The molecule has 0 amide bonds. The molecule has 1 aromatic carbocycles. The zero-order valence-corrected chi connectivity index (χ0v) is 17.9. The van der Waals surface area contributed by atoms with Gasteiger partial charge >= 0.3 is 12.4 Å². The van der Waals surface area contributed by atoms with Crippen molar-refractivity contribution in [2.75, 3.05) is 6.79 Å². The fourth-order valence-corrected chi connectivity index (χ4v) is 3.94. The Labute approximate surface area is 191 Å². The van der Waals surface area contributed by atoms with Crippen molar-refractivity contribution in [2.24, 2.45) is 0 Å². The largest absolute Gasteiger partial charge is 0.433 e. The van der Waals surface area contributed by atoms with Crippen LogP contribution in [0.1, 0.15) is 22.5 Å². The molecule has 34 heavy (non-hydrogen) atoms. The molecule has 0 unspecified atom stereocenters. The van der Waals surface area contributed by atoms with Crippen LogP contribution in [0.4, 0.5) is 26.3 Å². The van der Waals surface area contributed by atoms with Crippen LogP contribution in [0, 0.1) is 0 Å². The average molecular weight is 503 g/mol. The summed E-state index contributed by atoms with van der Waals surface area (Å²) < 4.78 is 89.7. The summed E-state index contributed by atoms with van der Waals surface area (Å²) in [6.07, 6.45) is -9.17. The van der Waals surface area contributed by atoms with Gasteiger partial charge in [-0.05, 0) is 29.1 Å². The molecule has 0 saturated carbocycles. The lowest BCUT2D eigenvalue weighted by molar-refractivity contribution is -0.141. The molecule has 3 heterocycles. The summed E-state index contributed by atoms with van der Waals surface area (Å²) >= 11 is 1.07. The van der Waals surface area contributed by atoms with Gasteiger partial charge < -0.3 is 9.47 Å². The molecule has 180 valence electrons. The SMILES string of the molecule is O=c1cc(COCOCc2ccc(C(F)(F)F)cc2)nc2c(-c3cccs3)c(C(F)(F)F)[nH]n12. The molecule has 0 atom stereocenters. The molecular weight excluding hydrogens is 488 g/mol. The van der Waals surface area contributed by atoms with Crippen molar-refractivity contribution in [2.45, 2.75) is 25.6 Å². The van der Waals surface area contributed by atoms with E-state index in [2.05, 4.69) is 10.1 Å². The van der Waals surface area contributed by atoms with E-state index >= 15 is 0 Å². The number of alkyl halides is 6. The monoisotopic (exact) mass is 503 g/mol. The van der Waals surface area contributed by atoms with E-state index in [1.165, 1.54) is 18.2 Å². The number of ether oxygens (including phenoxy) is 2. The number of benzene rings is 1. The molecule has 0 saturated heterocycles. The fraction of sp³-hybridized carbons (Fsp3) is 0.238. The standard InChI is InChI=1S/C21H15F6N3O3S/c22-20(23,24)13-5-3-12(4-6-13)9-32-11-33-10-14-8-16(31)30-19(28-14)17(15-2-1-7-34-15)18(29-30)21(25,26)27/h1-8,29H,9-11H2. The topological polar surface area (TPSA) is 68.6 Å². The molecule has 4 aromatic rings. The summed E-state index contributed by atoms with van der Waals surface area (Å²) in [5, 5.41) is 3.69. The first-order chi connectivity index (χ1) is 16.0. The van der Waals surface area contributed by atoms with Crippen LogP contribution >= 0.6 is 11.3 Å². The minimum Gasteiger partial charge on any atom is -0.351 e. The average Bonchev–Trinajstić information content (AvgIpc) is 3.40. The first-order valence-corrected chi connectivity index (χ1v) is 10.5. The van der Waals surface area contributed by atoms with Crippen molar-refractivity contribution in [3.63, 3.8) is 0 Å². The number of thiophene rings is 1. The summed E-state index contributed by atoms with van der Waals surface area (Å²) in [5.74, 6) is 0. The highest BCUT2D eigenvalue weighted by atomic mass is 32.1. The molecule has 0 spiro atoms. The first kappa shape index (κ1) is 24.0. The predicted octanol–water partition coefficient (Wildman–Crippen LogP) is 5.48. The van der Waals surface area contributed by atoms with Gasteiger partial charge in [0.1, 0.15) is 12.5 Å². The third-order valence-corrected chi connectivity index (χ3v) is 5.57. The van der Waals surface area contributed by atoms with E-state index in [9.17, 15) is 31.1 Å². The second-order valence-corrected chi connectivity index (χ2v) is 8.04. The molecule has 0 fully saturated rings. The van der Waals surface area contributed by atoms with Crippen LogP contribution in [0.3, 0.4) is 0 Å². The van der Waals surface area contributed by atoms with Crippen LogP contribution < -0.4 is 5.56 Å². The van der Waals surface area contributed by atoms with Crippen molar-refractivity contribution < 1.29 is 35.8 Å². The van der Waals surface area contributed by atoms with Gasteiger partial charge in [0.2, 0.25) is 0 Å². The zero-order valence-electron chi connectivity index (χ0n) is 17.0. The van der Waals surface area contributed by atoms with Gasteiger partial charge in [-0.25, -0.2) is 9.50 Å². The lowest BCUT2D eigenvalue weighted by Crippen LogP contribution is -2.17. The third-order valence-electron chi connectivity index (χ3n) is 4.69. The highest BCUT2D eigenvalue weighted by molar-refractivity contribution is 7.13. The van der Waals surface area contributed by atoms with Crippen LogP contribution in [0.2, 0.25) is 0 Å². The highest BCUT2D eigenvalue weighted by Crippen LogP contribution is 2.39. The number of aromatic nitrogens is 3. The summed E-state index contributed by atoms with van der Waals surface area (Å²) in [6, 6.07) is 8.53. The van der Waals surface area contributed by atoms with E-state index < -0.39 is 29.2 Å². The molecule has 0 bridgehead atoms. The maximum atomic E-state index is 13.6. The van der Waals surface area contributed by atoms with E-state index in [1.807, 2.05) is 0 Å². The van der Waals surface area contributed by atoms with Crippen molar-refractivity contribution in [3.8, 4) is 10.4 Å². The molecule has 6 nitrogen and oxygen atoms in total. The van der Waals surface area contributed by atoms with E-state index in [0.29, 0.717) is 5.56 Å². The smallest absolute Gasteiger partial charge is 0.351 e. The molecule has 0 aliphatic carbocycles. The number of fused-ring (bicyclic) bond motifs is 1. The van der Waals surface area contributed by atoms with Gasteiger partial charge in [-0.2, -0.15) is 26.3 Å². The number of aromatic amines is 1. The molecule has 13 heteroatoms. The Morgan fingerprint density at radius 3 is 2.29 bits per heavy atom. The summed E-state index contributed by atoms with van der Waals surface area (Å²) in [5.41, 5.74) is -2.46. The molecule has 0 aliphatic heterocycles. The van der Waals surface area contributed by atoms with E-state index in [4.69, 9.17) is 9.47 Å². The normalized spacial score (nSPS) is 12.5. The number of nitrogens with zero attached hydrogens (tertiary/aromatic N) is 2. The minimum atomic E-state index is -4.73. The van der Waals surface area contributed by atoms with E-state index in [0.717, 1.165) is 34.1 Å². The lowest BCUT2D eigenvalue weighted by Gasteiger charge is -2.09. The Kier molecular flexibility index (Phi) is 6.51. The number of hydrogen-bond acceptors (Lipinski definition) is 5. The van der Waals surface area contributed by atoms with Crippen LogP contribution in [0.15, 0.2) is 52.6 Å². The van der Waals surface area contributed by atoms with Gasteiger partial charge in [-0.3, -0.25) is 9.89 Å². The molecule has 0 aliphatic rings. The number of nitrogens with one attached hydrogen (secondary N) is 1. The molecule has 1 N–H and O–H groups in total. The fourth-order valence-electron chi connectivity index (χ4n) is 3.17. The number of hydrogen-bond donors (Lipinski definition) is 1. The molecular formula is C21H15F6N3O3S. The minimum absolute atomic E-state index is 0.0253. The first-order valence-electron chi connectivity index (χ1n) is 9.61. The second-order valence-electron chi connectivity index (χ2n) is 7.09. The Morgan fingerprint density at radius 1 is 0.971 bits per heavy atom. The zero-order chi connectivity index (χ0) is 24.5. The maximum Gasteiger partial charge on any atom is 0.433 e. The van der Waals surface area contributed by atoms with Gasteiger partial charge in [0, 0.05) is 10.9 Å². The second kappa shape index (κ2) is 9.24. The van der Waals surface area contributed by atoms with E-state index in [-0.39, 0.29) is 41.8 Å². The van der Waals surface area contributed by atoms with Crippen LogP contribution in [0.5, 0.6) is 0 Å². The molecule has 3 aromatic heterocycles. The Morgan fingerprint density at radius 2 is 1.68 bits per heavy atom. The Hall–Kier alpha value is -3.16. The van der Waals surface area contributed by atoms with Gasteiger partial charge in [0.05, 0.1) is 30.0 Å². The lowest BCUT2D eigenvalue weighted by atomic mass is 10.1. The van der Waals surface area contributed by atoms with E-state index in [1.54, 1.807) is 11.4 Å². The van der Waals surface area contributed by atoms with Crippen molar-refractivity contribution >= 4 is 17.0 Å². The predicted molar refractivity (Wildman–Crippen MR) is 110 cm³/mol. The maximum absolute atomic E-state index is 13.6. The van der Waals surface area contributed by atoms with Crippen LogP contribution in [0.25, 0.3) is 16.1 Å².